The van der Waals surface area contributed by atoms with Gasteiger partial charge in [0.05, 0.1) is 12.6 Å². The third-order valence-corrected chi connectivity index (χ3v) is 13.0. The second kappa shape index (κ2) is 14.7. The summed E-state index contributed by atoms with van der Waals surface area (Å²) in [5.74, 6) is 2.71. The molecular weight excluding hydrogens is 671 g/mol. The zero-order valence-electron chi connectivity index (χ0n) is 31.2. The number of anilines is 1. The number of Topliss-reactive ketones (excluding diaryl/α,β-unsaturated/α-hetero) is 1. The van der Waals surface area contributed by atoms with Crippen molar-refractivity contribution in [2.75, 3.05) is 37.7 Å². The van der Waals surface area contributed by atoms with Crippen LogP contribution in [0.3, 0.4) is 0 Å². The highest BCUT2D eigenvalue weighted by Gasteiger charge is 2.39. The van der Waals surface area contributed by atoms with Gasteiger partial charge in [0.25, 0.3) is 5.91 Å². The lowest BCUT2D eigenvalue weighted by molar-refractivity contribution is -0.124. The predicted molar refractivity (Wildman–Crippen MR) is 212 cm³/mol. The Bertz CT molecular complexity index is 2030. The number of amides is 1. The Morgan fingerprint density at radius 2 is 1.59 bits per heavy atom. The summed E-state index contributed by atoms with van der Waals surface area (Å²) in [7, 11) is 0. The van der Waals surface area contributed by atoms with E-state index in [4.69, 9.17) is 4.74 Å². The molecule has 1 amide bonds. The van der Waals surface area contributed by atoms with Crippen molar-refractivity contribution < 1.29 is 19.4 Å². The van der Waals surface area contributed by atoms with Gasteiger partial charge in [0.15, 0.2) is 5.78 Å². The van der Waals surface area contributed by atoms with Gasteiger partial charge in [0.1, 0.15) is 11.5 Å². The first-order valence-electron chi connectivity index (χ1n) is 20.1. The SMILES string of the molecule is C=C1CCC(N2Cc3cc(N4CCC(N5CC(CCOc6ccc([C@@H]7c8ccc(O)cc8CC[C@@H]7c7ccccc7)cc6)C5)CC4)ccc3C2=O)C(=O)C1. The summed E-state index contributed by atoms with van der Waals surface area (Å²) in [4.78, 5) is 32.8. The second-order valence-corrected chi connectivity index (χ2v) is 16.4. The Labute approximate surface area is 319 Å². The Kier molecular flexibility index (Phi) is 9.52. The summed E-state index contributed by atoms with van der Waals surface area (Å²) in [5.41, 5.74) is 9.20. The van der Waals surface area contributed by atoms with E-state index in [9.17, 15) is 14.7 Å². The number of ether oxygens (including phenoxy) is 1. The second-order valence-electron chi connectivity index (χ2n) is 16.4. The van der Waals surface area contributed by atoms with E-state index in [0.717, 1.165) is 93.8 Å². The van der Waals surface area contributed by atoms with Crippen molar-refractivity contribution in [3.05, 3.63) is 137 Å². The smallest absolute Gasteiger partial charge is 0.255 e. The molecule has 0 radical (unpaired) electrons. The number of carbonyl (C=O) groups excluding carboxylic acids is 2. The molecule has 2 aliphatic carbocycles. The highest BCUT2D eigenvalue weighted by molar-refractivity contribution is 6.02. The minimum atomic E-state index is -0.315. The Hall–Kier alpha value is -4.88. The zero-order chi connectivity index (χ0) is 36.8. The number of hydrogen-bond donors (Lipinski definition) is 1. The molecule has 5 aliphatic rings. The lowest BCUT2D eigenvalue weighted by atomic mass is 9.69. The van der Waals surface area contributed by atoms with Gasteiger partial charge < -0.3 is 19.6 Å². The van der Waals surface area contributed by atoms with Gasteiger partial charge in [-0.15, -0.1) is 0 Å². The van der Waals surface area contributed by atoms with E-state index in [2.05, 4.69) is 89.2 Å². The quantitative estimate of drug-likeness (QED) is 0.176. The lowest BCUT2D eigenvalue weighted by Crippen LogP contribution is -2.55. The molecule has 278 valence electrons. The van der Waals surface area contributed by atoms with E-state index in [1.165, 1.54) is 27.9 Å². The maximum atomic E-state index is 13.2. The average molecular weight is 722 g/mol. The van der Waals surface area contributed by atoms with Crippen molar-refractivity contribution in [1.82, 2.24) is 9.80 Å². The molecule has 3 atom stereocenters. The number of phenolic OH excluding ortho intramolecular Hbond substituents is 1. The number of likely N-dealkylation sites (tertiary alicyclic amines) is 1. The molecule has 9 rings (SSSR count). The van der Waals surface area contributed by atoms with E-state index < -0.39 is 0 Å². The fraction of sp³-hybridized carbons (Fsp3) is 0.404. The maximum Gasteiger partial charge on any atom is 0.255 e. The molecule has 7 nitrogen and oxygen atoms in total. The molecule has 7 heteroatoms. The molecule has 3 aliphatic heterocycles. The van der Waals surface area contributed by atoms with Crippen LogP contribution < -0.4 is 9.64 Å². The van der Waals surface area contributed by atoms with Crippen LogP contribution in [-0.2, 0) is 17.8 Å². The number of allylic oxidation sites excluding steroid dienone is 1. The van der Waals surface area contributed by atoms with Crippen LogP contribution in [-0.4, -0.2) is 71.5 Å². The first-order valence-corrected chi connectivity index (χ1v) is 20.1. The van der Waals surface area contributed by atoms with Crippen molar-refractivity contribution in [3.8, 4) is 11.5 Å². The van der Waals surface area contributed by atoms with Crippen LogP contribution in [0.4, 0.5) is 5.69 Å². The van der Waals surface area contributed by atoms with E-state index in [0.29, 0.717) is 43.0 Å². The van der Waals surface area contributed by atoms with Crippen LogP contribution in [0.25, 0.3) is 0 Å². The highest BCUT2D eigenvalue weighted by atomic mass is 16.5. The Morgan fingerprint density at radius 3 is 2.37 bits per heavy atom. The molecule has 2 saturated heterocycles. The molecule has 4 aromatic carbocycles. The molecule has 3 heterocycles. The third-order valence-electron chi connectivity index (χ3n) is 13.0. The highest BCUT2D eigenvalue weighted by Crippen LogP contribution is 2.47. The first-order chi connectivity index (χ1) is 26.4. The van der Waals surface area contributed by atoms with Crippen LogP contribution in [0, 0.1) is 5.92 Å². The number of phenols is 1. The number of nitrogens with zero attached hydrogens (tertiary/aromatic N) is 3. The number of benzene rings is 4. The Balaban J connectivity index is 0.739. The van der Waals surface area contributed by atoms with Gasteiger partial charge in [0.2, 0.25) is 0 Å². The fourth-order valence-corrected chi connectivity index (χ4v) is 10.0. The summed E-state index contributed by atoms with van der Waals surface area (Å²) in [6, 6.07) is 32.1. The van der Waals surface area contributed by atoms with Crippen LogP contribution in [0.5, 0.6) is 11.5 Å². The number of piperidine rings is 1. The summed E-state index contributed by atoms with van der Waals surface area (Å²) in [6.07, 6.45) is 7.30. The van der Waals surface area contributed by atoms with E-state index in [-0.39, 0.29) is 23.7 Å². The normalized spacial score (nSPS) is 23.6. The van der Waals surface area contributed by atoms with Crippen molar-refractivity contribution in [3.63, 3.8) is 0 Å². The number of rotatable bonds is 9. The molecule has 0 spiro atoms. The van der Waals surface area contributed by atoms with Crippen LogP contribution >= 0.6 is 0 Å². The van der Waals surface area contributed by atoms with E-state index in [1.807, 2.05) is 18.2 Å². The summed E-state index contributed by atoms with van der Waals surface area (Å²) in [6.45, 7) is 9.58. The number of aromatic hydroxyl groups is 1. The van der Waals surface area contributed by atoms with Gasteiger partial charge >= 0.3 is 0 Å². The summed E-state index contributed by atoms with van der Waals surface area (Å²) in [5, 5.41) is 10.2. The summed E-state index contributed by atoms with van der Waals surface area (Å²) >= 11 is 0. The van der Waals surface area contributed by atoms with E-state index in [1.54, 1.807) is 4.90 Å². The molecule has 0 aromatic heterocycles. The number of ketones is 1. The van der Waals surface area contributed by atoms with Gasteiger partial charge in [0, 0.05) is 62.4 Å². The van der Waals surface area contributed by atoms with Gasteiger partial charge in [-0.25, -0.2) is 0 Å². The minimum Gasteiger partial charge on any atom is -0.508 e. The third kappa shape index (κ3) is 6.83. The zero-order valence-corrected chi connectivity index (χ0v) is 31.2. The van der Waals surface area contributed by atoms with Gasteiger partial charge in [-0.3, -0.25) is 14.5 Å². The first kappa shape index (κ1) is 34.9. The van der Waals surface area contributed by atoms with Crippen molar-refractivity contribution in [1.29, 1.82) is 0 Å². The molecule has 1 N–H and O–H groups in total. The van der Waals surface area contributed by atoms with Crippen molar-refractivity contribution in [2.24, 2.45) is 5.92 Å². The number of fused-ring (bicyclic) bond motifs is 2. The monoisotopic (exact) mass is 721 g/mol. The minimum absolute atomic E-state index is 0.00160. The Morgan fingerprint density at radius 1 is 0.796 bits per heavy atom. The topological polar surface area (TPSA) is 73.3 Å². The maximum absolute atomic E-state index is 13.2. The fourth-order valence-electron chi connectivity index (χ4n) is 10.0. The lowest BCUT2D eigenvalue weighted by Gasteiger charge is -2.47. The molecule has 4 aromatic rings. The van der Waals surface area contributed by atoms with Gasteiger partial charge in [-0.05, 0) is 127 Å². The molecule has 54 heavy (non-hydrogen) atoms. The van der Waals surface area contributed by atoms with E-state index >= 15 is 0 Å². The summed E-state index contributed by atoms with van der Waals surface area (Å²) < 4.78 is 6.28. The molecule has 3 fully saturated rings. The van der Waals surface area contributed by atoms with Gasteiger partial charge in [-0.2, -0.15) is 0 Å². The van der Waals surface area contributed by atoms with Crippen LogP contribution in [0.2, 0.25) is 0 Å². The molecular formula is C47H51N3O4. The van der Waals surface area contributed by atoms with Crippen LogP contribution in [0.1, 0.15) is 95.0 Å². The molecule has 1 unspecified atom stereocenters. The van der Waals surface area contributed by atoms with Crippen molar-refractivity contribution in [2.45, 2.75) is 81.8 Å². The van der Waals surface area contributed by atoms with Crippen molar-refractivity contribution >= 4 is 17.4 Å². The standard InChI is InChI=1S/C47H51N3O4/c1-31-7-18-44(45(52)25-31)50-30-36-26-38(11-16-43(36)47(50)53)48-22-19-37(20-23-48)49-28-32(29-49)21-24-54-40-13-8-34(9-14-40)46-41(33-5-3-2-4-6-33)15-10-35-27-39(51)12-17-42(35)46/h2-6,8-9,11-14,16-17,26-27,32,37,41,44,46,51H,1,7,10,15,18-25,28-30H2/t41-,44?,46+/m1/s1. The largest absolute Gasteiger partial charge is 0.508 e. The number of hydrogen-bond acceptors (Lipinski definition) is 6. The van der Waals surface area contributed by atoms with Gasteiger partial charge in [-0.1, -0.05) is 60.7 Å². The molecule has 1 saturated carbocycles. The predicted octanol–water partition coefficient (Wildman–Crippen LogP) is 8.26. The average Bonchev–Trinajstić information content (AvgIpc) is 3.50. The van der Waals surface area contributed by atoms with Crippen LogP contribution in [0.15, 0.2) is 103 Å². The number of aryl methyl sites for hydroxylation is 1. The molecule has 0 bridgehead atoms. The number of carbonyl (C=O) groups is 2.